The lowest BCUT2D eigenvalue weighted by molar-refractivity contribution is -0.137. The molecule has 0 atom stereocenters. The molecule has 2 aromatic rings. The Morgan fingerprint density at radius 3 is 2.48 bits per heavy atom. The van der Waals surface area contributed by atoms with Crippen molar-refractivity contribution >= 4 is 29.3 Å². The smallest absolute Gasteiger partial charge is 0.417 e. The van der Waals surface area contributed by atoms with Gasteiger partial charge in [-0.15, -0.1) is 0 Å². The highest BCUT2D eigenvalue weighted by Crippen LogP contribution is 2.36. The molecule has 1 aromatic heterocycles. The van der Waals surface area contributed by atoms with Crippen LogP contribution in [0.3, 0.4) is 0 Å². The molecule has 1 aromatic carbocycles. The number of aromatic nitrogens is 1. The summed E-state index contributed by atoms with van der Waals surface area (Å²) in [6.45, 7) is 0. The van der Waals surface area contributed by atoms with E-state index in [2.05, 4.69) is 15.6 Å². The zero-order chi connectivity index (χ0) is 22.6. The molecular weight excluding hydrogens is 439 g/mol. The van der Waals surface area contributed by atoms with Gasteiger partial charge in [0.1, 0.15) is 5.75 Å². The second kappa shape index (κ2) is 9.42. The molecule has 0 unspecified atom stereocenters. The molecule has 1 fully saturated rings. The summed E-state index contributed by atoms with van der Waals surface area (Å²) in [5.41, 5.74) is -1.15. The summed E-state index contributed by atoms with van der Waals surface area (Å²) in [5, 5.41) is 13.7. The van der Waals surface area contributed by atoms with Crippen LogP contribution >= 0.6 is 11.6 Å². The molecular formula is C20H19ClF3N3O4. The lowest BCUT2D eigenvalue weighted by Crippen LogP contribution is -2.41. The number of urea groups is 1. The summed E-state index contributed by atoms with van der Waals surface area (Å²) in [6.07, 6.45) is -0.965. The van der Waals surface area contributed by atoms with Crippen LogP contribution in [0.5, 0.6) is 5.75 Å². The molecule has 3 rings (SSSR count). The third kappa shape index (κ3) is 6.24. The zero-order valence-electron chi connectivity index (χ0n) is 16.1. The van der Waals surface area contributed by atoms with Gasteiger partial charge in [0.2, 0.25) is 0 Å². The fourth-order valence-corrected chi connectivity index (χ4v) is 3.52. The number of nitrogens with one attached hydrogen (secondary N) is 2. The molecule has 3 N–H and O–H groups in total. The number of hydrogen-bond acceptors (Lipinski definition) is 4. The third-order valence-electron chi connectivity index (χ3n) is 4.79. The molecule has 31 heavy (non-hydrogen) atoms. The summed E-state index contributed by atoms with van der Waals surface area (Å²) in [4.78, 5) is 26.9. The molecule has 1 saturated carbocycles. The SMILES string of the molecule is O=C(Nc1ccc(Cl)c(C(F)(F)F)c1)NC1CCC(Oc2ccnc(C(=O)O)c2)CC1. The lowest BCUT2D eigenvalue weighted by Gasteiger charge is -2.29. The Kier molecular flexibility index (Phi) is 6.89. The number of carbonyl (C=O) groups excluding carboxylic acids is 1. The fourth-order valence-electron chi connectivity index (χ4n) is 3.29. The average molecular weight is 458 g/mol. The molecule has 1 aliphatic carbocycles. The molecule has 1 aliphatic rings. The van der Waals surface area contributed by atoms with E-state index in [1.54, 1.807) is 6.07 Å². The van der Waals surface area contributed by atoms with Gasteiger partial charge in [0.05, 0.1) is 16.7 Å². The number of carbonyl (C=O) groups is 2. The topological polar surface area (TPSA) is 101 Å². The van der Waals surface area contributed by atoms with E-state index in [1.807, 2.05) is 0 Å². The van der Waals surface area contributed by atoms with Gasteiger partial charge in [-0.05, 0) is 49.9 Å². The number of alkyl halides is 3. The fraction of sp³-hybridized carbons (Fsp3) is 0.350. The van der Waals surface area contributed by atoms with Crippen LogP contribution in [0, 0.1) is 0 Å². The number of aromatic carboxylic acids is 1. The van der Waals surface area contributed by atoms with Gasteiger partial charge in [-0.1, -0.05) is 11.6 Å². The van der Waals surface area contributed by atoms with Gasteiger partial charge in [0.15, 0.2) is 5.69 Å². The molecule has 7 nitrogen and oxygen atoms in total. The van der Waals surface area contributed by atoms with Crippen LogP contribution in [-0.2, 0) is 6.18 Å². The number of hydrogen-bond donors (Lipinski definition) is 3. The lowest BCUT2D eigenvalue weighted by atomic mass is 9.93. The minimum Gasteiger partial charge on any atom is -0.490 e. The summed E-state index contributed by atoms with van der Waals surface area (Å²) < 4.78 is 44.6. The van der Waals surface area contributed by atoms with Gasteiger partial charge in [-0.3, -0.25) is 0 Å². The first kappa shape index (κ1) is 22.7. The number of anilines is 1. The Morgan fingerprint density at radius 1 is 1.13 bits per heavy atom. The molecule has 0 bridgehead atoms. The second-order valence-electron chi connectivity index (χ2n) is 7.06. The van der Waals surface area contributed by atoms with E-state index in [0.29, 0.717) is 31.4 Å². The molecule has 166 valence electrons. The number of benzene rings is 1. The maximum Gasteiger partial charge on any atom is 0.417 e. The van der Waals surface area contributed by atoms with E-state index in [1.165, 1.54) is 18.3 Å². The third-order valence-corrected chi connectivity index (χ3v) is 5.12. The van der Waals surface area contributed by atoms with Crippen molar-refractivity contribution in [1.82, 2.24) is 10.3 Å². The van der Waals surface area contributed by atoms with Crippen molar-refractivity contribution in [1.29, 1.82) is 0 Å². The van der Waals surface area contributed by atoms with Crippen LogP contribution in [0.1, 0.15) is 41.7 Å². The van der Waals surface area contributed by atoms with E-state index < -0.39 is 28.8 Å². The number of amides is 2. The molecule has 0 aliphatic heterocycles. The van der Waals surface area contributed by atoms with Crippen molar-refractivity contribution < 1.29 is 32.6 Å². The predicted molar refractivity (Wildman–Crippen MR) is 106 cm³/mol. The standard InChI is InChI=1S/C20H19ClF3N3O4/c21-16-6-3-12(9-15(16)20(22,23)24)27-19(30)26-11-1-4-13(5-2-11)31-14-7-8-25-17(10-14)18(28)29/h3,6-11,13H,1-2,4-5H2,(H,28,29)(H2,26,27,30). The molecule has 0 saturated heterocycles. The van der Waals surface area contributed by atoms with E-state index >= 15 is 0 Å². The van der Waals surface area contributed by atoms with Gasteiger partial charge in [0, 0.05) is 24.0 Å². The van der Waals surface area contributed by atoms with Crippen LogP contribution in [0.15, 0.2) is 36.5 Å². The Bertz CT molecular complexity index is 963. The maximum atomic E-state index is 12.9. The van der Waals surface area contributed by atoms with E-state index in [9.17, 15) is 22.8 Å². The van der Waals surface area contributed by atoms with Gasteiger partial charge in [0.25, 0.3) is 0 Å². The maximum absolute atomic E-state index is 12.9. The molecule has 11 heteroatoms. The van der Waals surface area contributed by atoms with Crippen LogP contribution in [-0.4, -0.2) is 34.2 Å². The predicted octanol–water partition coefficient (Wildman–Crippen LogP) is 4.96. The van der Waals surface area contributed by atoms with Crippen molar-refractivity contribution in [2.45, 2.75) is 44.0 Å². The number of nitrogens with zero attached hydrogens (tertiary/aromatic N) is 1. The normalized spacial score (nSPS) is 18.8. The van der Waals surface area contributed by atoms with Crippen LogP contribution in [0.2, 0.25) is 5.02 Å². The Morgan fingerprint density at radius 2 is 1.84 bits per heavy atom. The average Bonchev–Trinajstić information content (AvgIpc) is 2.70. The second-order valence-corrected chi connectivity index (χ2v) is 7.47. The summed E-state index contributed by atoms with van der Waals surface area (Å²) in [5.74, 6) is -0.739. The largest absolute Gasteiger partial charge is 0.490 e. The van der Waals surface area contributed by atoms with Crippen LogP contribution in [0.4, 0.5) is 23.7 Å². The van der Waals surface area contributed by atoms with Gasteiger partial charge in [-0.2, -0.15) is 13.2 Å². The highest BCUT2D eigenvalue weighted by atomic mass is 35.5. The van der Waals surface area contributed by atoms with Crippen molar-refractivity contribution in [3.05, 3.63) is 52.8 Å². The minimum absolute atomic E-state index is 0.0156. The molecule has 0 spiro atoms. The zero-order valence-corrected chi connectivity index (χ0v) is 16.8. The van der Waals surface area contributed by atoms with Crippen molar-refractivity contribution in [3.8, 4) is 5.75 Å². The first-order chi connectivity index (χ1) is 14.6. The van der Waals surface area contributed by atoms with Crippen molar-refractivity contribution in [2.75, 3.05) is 5.32 Å². The van der Waals surface area contributed by atoms with Gasteiger partial charge in [-0.25, -0.2) is 14.6 Å². The monoisotopic (exact) mass is 457 g/mol. The van der Waals surface area contributed by atoms with E-state index in [0.717, 1.165) is 12.1 Å². The van der Waals surface area contributed by atoms with Crippen LogP contribution in [0.25, 0.3) is 0 Å². The van der Waals surface area contributed by atoms with Gasteiger partial charge < -0.3 is 20.5 Å². The summed E-state index contributed by atoms with van der Waals surface area (Å²) in [6, 6.07) is 5.31. The quantitative estimate of drug-likeness (QED) is 0.589. The van der Waals surface area contributed by atoms with Crippen molar-refractivity contribution in [2.24, 2.45) is 0 Å². The Balaban J connectivity index is 1.49. The number of ether oxygens (including phenoxy) is 1. The summed E-state index contributed by atoms with van der Waals surface area (Å²) in [7, 11) is 0. The van der Waals surface area contributed by atoms with Gasteiger partial charge >= 0.3 is 18.2 Å². The Hall–Kier alpha value is -3.01. The highest BCUT2D eigenvalue weighted by molar-refractivity contribution is 6.31. The first-order valence-electron chi connectivity index (χ1n) is 9.42. The van der Waals surface area contributed by atoms with Crippen LogP contribution < -0.4 is 15.4 Å². The van der Waals surface area contributed by atoms with Crippen molar-refractivity contribution in [3.63, 3.8) is 0 Å². The van der Waals surface area contributed by atoms with E-state index in [4.69, 9.17) is 21.4 Å². The van der Waals surface area contributed by atoms with E-state index in [-0.39, 0.29) is 23.5 Å². The number of rotatable bonds is 5. The minimum atomic E-state index is -4.62. The molecule has 1 heterocycles. The number of carboxylic acids is 1. The molecule has 2 amide bonds. The highest BCUT2D eigenvalue weighted by Gasteiger charge is 2.33. The summed E-state index contributed by atoms with van der Waals surface area (Å²) >= 11 is 5.58. The molecule has 0 radical (unpaired) electrons. The first-order valence-corrected chi connectivity index (χ1v) is 9.80. The number of pyridine rings is 1. The Labute approximate surface area is 180 Å². The number of halogens is 4. The number of carboxylic acid groups (broad SMARTS) is 1.